The van der Waals surface area contributed by atoms with Gasteiger partial charge < -0.3 is 69.3 Å². The molecule has 3 aliphatic heterocycles. The summed E-state index contributed by atoms with van der Waals surface area (Å²) in [7, 11) is 0. The van der Waals surface area contributed by atoms with Gasteiger partial charge in [-0.15, -0.1) is 0 Å². The van der Waals surface area contributed by atoms with Gasteiger partial charge in [-0.05, 0) is 128 Å². The molecule has 8 fully saturated rings. The van der Waals surface area contributed by atoms with Gasteiger partial charge in [-0.1, -0.05) is 48.5 Å². The van der Waals surface area contributed by atoms with Crippen LogP contribution in [0, 0.1) is 56.2 Å². The van der Waals surface area contributed by atoms with Crippen LogP contribution in [0.25, 0.3) is 0 Å². The van der Waals surface area contributed by atoms with Crippen molar-refractivity contribution in [1.29, 1.82) is 0 Å². The summed E-state index contributed by atoms with van der Waals surface area (Å²) in [5.41, 5.74) is -0.644. The minimum Gasteiger partial charge on any atom is -0.481 e. The van der Waals surface area contributed by atoms with Crippen molar-refractivity contribution < 1.29 is 74.1 Å². The Labute approximate surface area is 360 Å². The van der Waals surface area contributed by atoms with E-state index in [-0.39, 0.29) is 52.3 Å². The van der Waals surface area contributed by atoms with Gasteiger partial charge in [0.15, 0.2) is 18.9 Å². The van der Waals surface area contributed by atoms with Gasteiger partial charge in [-0.3, -0.25) is 4.79 Å². The smallest absolute Gasteiger partial charge is 0.309 e. The van der Waals surface area contributed by atoms with Crippen LogP contribution in [-0.2, 0) is 33.2 Å². The zero-order chi connectivity index (χ0) is 44.4. The van der Waals surface area contributed by atoms with E-state index in [4.69, 9.17) is 28.4 Å². The monoisotopic (exact) mass is 869 g/mol. The number of ether oxygens (including phenoxy) is 6. The highest BCUT2D eigenvalue weighted by Crippen LogP contribution is 2.77. The van der Waals surface area contributed by atoms with Crippen LogP contribution in [0.4, 0.5) is 0 Å². The Balaban J connectivity index is 0.951. The lowest BCUT2D eigenvalue weighted by Crippen LogP contribution is -2.68. The highest BCUT2D eigenvalue weighted by molar-refractivity contribution is 5.75. The number of hydrogen-bond acceptors (Lipinski definition) is 14. The Kier molecular flexibility index (Phi) is 12.3. The molecule has 8 N–H and O–H groups in total. The van der Waals surface area contributed by atoms with Crippen LogP contribution in [0.15, 0.2) is 0 Å². The van der Waals surface area contributed by atoms with Gasteiger partial charge in [0.25, 0.3) is 0 Å². The molecule has 3 saturated heterocycles. The van der Waals surface area contributed by atoms with E-state index in [2.05, 4.69) is 48.5 Å². The maximum absolute atomic E-state index is 13.1. The SMILES string of the molecule is C[C@@H]1O[C@H](O[C@@H]2[C@@H](O)[C@H](O[C@H]3CC[C@]4(C)[C@H]5CC[C@@H]6[C@@H]7CC(C)(C)CC[C@]7(C(=O)O)CC[C@@]6(C)[C@]5(C)CC[C@H]4C3(C)C)OC[C@@H]2O)[C@H](O)[C@H](O[C@@H]2OC[C@@H](O)[C@H](O)[C@H]2O)[C@H]1O. The number of aliphatic carboxylic acids is 1. The molecular weight excluding hydrogens is 792 g/mol. The summed E-state index contributed by atoms with van der Waals surface area (Å²) in [6, 6.07) is 0. The van der Waals surface area contributed by atoms with Crippen LogP contribution < -0.4 is 0 Å². The van der Waals surface area contributed by atoms with Crippen LogP contribution in [0.1, 0.15) is 126 Å². The van der Waals surface area contributed by atoms with Gasteiger partial charge in [0, 0.05) is 0 Å². The average Bonchev–Trinajstić information content (AvgIpc) is 3.18. The quantitative estimate of drug-likeness (QED) is 0.172. The van der Waals surface area contributed by atoms with E-state index in [1.165, 1.54) is 6.92 Å². The molecule has 22 atom stereocenters. The molecule has 0 aromatic rings. The molecule has 0 amide bonds. The summed E-state index contributed by atoms with van der Waals surface area (Å²) in [4.78, 5) is 13.1. The fourth-order valence-electron chi connectivity index (χ4n) is 15.3. The molecule has 5 saturated carbocycles. The molecule has 61 heavy (non-hydrogen) atoms. The zero-order valence-electron chi connectivity index (χ0n) is 37.5. The molecule has 3 heterocycles. The Morgan fingerprint density at radius 1 is 0.574 bits per heavy atom. The summed E-state index contributed by atoms with van der Waals surface area (Å²) >= 11 is 0. The van der Waals surface area contributed by atoms with Crippen molar-refractivity contribution in [3.8, 4) is 0 Å². The topological polar surface area (TPSA) is 234 Å². The summed E-state index contributed by atoms with van der Waals surface area (Å²) in [6.45, 7) is 17.7. The van der Waals surface area contributed by atoms with Crippen LogP contribution in [0.5, 0.6) is 0 Å². The third kappa shape index (κ3) is 7.29. The van der Waals surface area contributed by atoms with E-state index in [1.54, 1.807) is 0 Å². The van der Waals surface area contributed by atoms with Crippen molar-refractivity contribution >= 4 is 5.97 Å². The van der Waals surface area contributed by atoms with Gasteiger partial charge in [-0.2, -0.15) is 0 Å². The number of aliphatic hydroxyl groups is 7. The van der Waals surface area contributed by atoms with Crippen molar-refractivity contribution in [3.63, 3.8) is 0 Å². The highest BCUT2D eigenvalue weighted by Gasteiger charge is 2.71. The molecule has 15 heteroatoms. The van der Waals surface area contributed by atoms with Crippen LogP contribution in [0.3, 0.4) is 0 Å². The standard InChI is InChI=1S/C46H76O15/c1-22-30(49)36(61-37-32(51)31(50)25(47)20-56-37)34(53)39(58-22)60-35-26(48)21-57-38(33(35)52)59-29-12-13-43(6)27(42(29,4)5)11-14-45(8)28(43)10-9-23-24-19-41(2,3)15-17-46(24,40(54)55)18-16-44(23,45)7/h22-39,47-53H,9-21H2,1-8H3,(H,54,55)/t22-,23+,24-,25+,26-,27-,28+,29-,30-,31-,32+,33+,34+,35-,36+,37-,38-,39+,43-,44+,45+,46-/m0/s1. The maximum atomic E-state index is 13.1. The molecule has 8 rings (SSSR count). The van der Waals surface area contributed by atoms with E-state index < -0.39 is 91.3 Å². The third-order valence-corrected chi connectivity index (χ3v) is 19.2. The Morgan fingerprint density at radius 2 is 1.20 bits per heavy atom. The zero-order valence-corrected chi connectivity index (χ0v) is 37.5. The normalized spacial score (nSPS) is 55.6. The summed E-state index contributed by atoms with van der Waals surface area (Å²) < 4.78 is 35.7. The van der Waals surface area contributed by atoms with E-state index in [0.29, 0.717) is 17.8 Å². The number of rotatable bonds is 7. The number of carboxylic acids is 1. The molecule has 5 aliphatic carbocycles. The fraction of sp³-hybridized carbons (Fsp3) is 0.978. The second-order valence-corrected chi connectivity index (χ2v) is 23.0. The predicted molar refractivity (Wildman–Crippen MR) is 217 cm³/mol. The number of aliphatic hydroxyl groups excluding tert-OH is 7. The van der Waals surface area contributed by atoms with Crippen molar-refractivity contribution in [1.82, 2.24) is 0 Å². The second kappa shape index (κ2) is 16.1. The van der Waals surface area contributed by atoms with Crippen molar-refractivity contribution in [2.75, 3.05) is 13.2 Å². The summed E-state index contributed by atoms with van der Waals surface area (Å²) in [6.07, 6.45) is -8.23. The molecular formula is C46H76O15. The highest BCUT2D eigenvalue weighted by atomic mass is 16.7. The Morgan fingerprint density at radius 3 is 1.89 bits per heavy atom. The lowest BCUT2D eigenvalue weighted by molar-refractivity contribution is -0.371. The first-order valence-corrected chi connectivity index (χ1v) is 23.3. The lowest BCUT2D eigenvalue weighted by atomic mass is 9.31. The van der Waals surface area contributed by atoms with E-state index in [1.807, 2.05) is 0 Å². The Hall–Kier alpha value is -1.05. The van der Waals surface area contributed by atoms with Gasteiger partial charge in [0.2, 0.25) is 0 Å². The van der Waals surface area contributed by atoms with E-state index >= 15 is 0 Å². The van der Waals surface area contributed by atoms with Crippen molar-refractivity contribution in [2.24, 2.45) is 56.2 Å². The lowest BCUT2D eigenvalue weighted by Gasteiger charge is -2.73. The molecule has 0 aromatic heterocycles. The van der Waals surface area contributed by atoms with Gasteiger partial charge in [0.05, 0.1) is 30.8 Å². The van der Waals surface area contributed by atoms with Crippen LogP contribution in [0.2, 0.25) is 0 Å². The largest absolute Gasteiger partial charge is 0.481 e. The first-order chi connectivity index (χ1) is 28.4. The van der Waals surface area contributed by atoms with Crippen LogP contribution in [-0.4, -0.2) is 146 Å². The predicted octanol–water partition coefficient (Wildman–Crippen LogP) is 3.09. The van der Waals surface area contributed by atoms with Crippen LogP contribution >= 0.6 is 0 Å². The van der Waals surface area contributed by atoms with Gasteiger partial charge in [-0.25, -0.2) is 0 Å². The number of hydrogen-bond donors (Lipinski definition) is 8. The minimum absolute atomic E-state index is 0.0241. The van der Waals surface area contributed by atoms with Crippen molar-refractivity contribution in [3.05, 3.63) is 0 Å². The second-order valence-electron chi connectivity index (χ2n) is 23.0. The first-order valence-electron chi connectivity index (χ1n) is 23.3. The fourth-order valence-corrected chi connectivity index (χ4v) is 15.3. The number of carboxylic acid groups (broad SMARTS) is 1. The number of carbonyl (C=O) groups is 1. The summed E-state index contributed by atoms with van der Waals surface area (Å²) in [5.74, 6) is 0.785. The van der Waals surface area contributed by atoms with Crippen molar-refractivity contribution in [2.45, 2.75) is 212 Å². The first kappa shape index (κ1) is 46.5. The molecule has 350 valence electrons. The molecule has 0 unspecified atom stereocenters. The molecule has 0 aromatic carbocycles. The minimum atomic E-state index is -1.68. The maximum Gasteiger partial charge on any atom is 0.309 e. The molecule has 0 bridgehead atoms. The molecule has 0 spiro atoms. The molecule has 8 aliphatic rings. The summed E-state index contributed by atoms with van der Waals surface area (Å²) in [5, 5.41) is 86.2. The average molecular weight is 869 g/mol. The Bertz CT molecular complexity index is 1610. The van der Waals surface area contributed by atoms with E-state index in [9.17, 15) is 45.6 Å². The number of fused-ring (bicyclic) bond motifs is 7. The van der Waals surface area contributed by atoms with Gasteiger partial charge in [0.1, 0.15) is 54.9 Å². The van der Waals surface area contributed by atoms with E-state index in [0.717, 1.165) is 70.6 Å². The molecule has 15 nitrogen and oxygen atoms in total. The molecule has 0 radical (unpaired) electrons. The third-order valence-electron chi connectivity index (χ3n) is 19.2. The van der Waals surface area contributed by atoms with Gasteiger partial charge >= 0.3 is 5.97 Å².